The second-order valence-electron chi connectivity index (χ2n) is 4.92. The van der Waals surface area contributed by atoms with Gasteiger partial charge in [-0.2, -0.15) is 0 Å². The Morgan fingerprint density at radius 1 is 1.53 bits per heavy atom. The van der Waals surface area contributed by atoms with Gasteiger partial charge in [-0.05, 0) is 37.9 Å². The number of piperidine rings is 1. The lowest BCUT2D eigenvalue weighted by atomic mass is 9.98. The summed E-state index contributed by atoms with van der Waals surface area (Å²) in [6, 6.07) is 4.36. The number of hydrogen-bond donors (Lipinski definition) is 1. The molecule has 1 aliphatic rings. The largest absolute Gasteiger partial charge is 0.359 e. The number of H-pyrrole nitrogens is 1. The molecule has 1 aliphatic heterocycles. The van der Waals surface area contributed by atoms with Crippen LogP contribution in [0.3, 0.4) is 0 Å². The molecule has 0 bridgehead atoms. The van der Waals surface area contributed by atoms with E-state index in [0.29, 0.717) is 12.6 Å². The molecule has 94 valence electrons. The Morgan fingerprint density at radius 2 is 2.41 bits per heavy atom. The summed E-state index contributed by atoms with van der Waals surface area (Å²) in [5.41, 5.74) is 0.742. The van der Waals surface area contributed by atoms with E-state index < -0.39 is 0 Å². The summed E-state index contributed by atoms with van der Waals surface area (Å²) in [4.78, 5) is 17.4. The molecule has 0 spiro atoms. The van der Waals surface area contributed by atoms with Crippen LogP contribution in [0.15, 0.2) is 18.3 Å². The molecule has 1 unspecified atom stereocenters. The van der Waals surface area contributed by atoms with Crippen molar-refractivity contribution >= 4 is 5.78 Å². The highest BCUT2D eigenvalue weighted by atomic mass is 16.1. The van der Waals surface area contributed by atoms with Gasteiger partial charge >= 0.3 is 0 Å². The van der Waals surface area contributed by atoms with Crippen molar-refractivity contribution in [2.45, 2.75) is 45.1 Å². The maximum atomic E-state index is 12.1. The molecule has 3 nitrogen and oxygen atoms in total. The molecule has 1 aromatic rings. The van der Waals surface area contributed by atoms with Crippen LogP contribution in [0.5, 0.6) is 0 Å². The monoisotopic (exact) mass is 234 g/mol. The molecule has 1 fully saturated rings. The average Bonchev–Trinajstić information content (AvgIpc) is 2.85. The minimum Gasteiger partial charge on any atom is -0.359 e. The molecule has 17 heavy (non-hydrogen) atoms. The van der Waals surface area contributed by atoms with Gasteiger partial charge in [0.25, 0.3) is 0 Å². The molecule has 1 N–H and O–H groups in total. The first kappa shape index (κ1) is 12.4. The smallest absolute Gasteiger partial charge is 0.192 e. The first-order chi connectivity index (χ1) is 8.31. The lowest BCUT2D eigenvalue weighted by Gasteiger charge is -2.35. The summed E-state index contributed by atoms with van der Waals surface area (Å²) in [7, 11) is 0. The quantitative estimate of drug-likeness (QED) is 0.795. The van der Waals surface area contributed by atoms with Gasteiger partial charge < -0.3 is 4.98 Å². The van der Waals surface area contributed by atoms with Crippen molar-refractivity contribution in [3.05, 3.63) is 24.0 Å². The van der Waals surface area contributed by atoms with Crippen molar-refractivity contribution in [2.24, 2.45) is 0 Å². The molecule has 2 rings (SSSR count). The van der Waals surface area contributed by atoms with Gasteiger partial charge in [0.1, 0.15) is 0 Å². The van der Waals surface area contributed by atoms with Gasteiger partial charge in [0.15, 0.2) is 5.78 Å². The molecule has 0 aliphatic carbocycles. The van der Waals surface area contributed by atoms with Gasteiger partial charge in [-0.1, -0.05) is 19.8 Å². The van der Waals surface area contributed by atoms with E-state index in [4.69, 9.17) is 0 Å². The number of carbonyl (C=O) groups is 1. The fraction of sp³-hybridized carbons (Fsp3) is 0.643. The summed E-state index contributed by atoms with van der Waals surface area (Å²) in [6.45, 7) is 3.88. The summed E-state index contributed by atoms with van der Waals surface area (Å²) in [6.07, 6.45) is 8.05. The van der Waals surface area contributed by atoms with Gasteiger partial charge in [-0.25, -0.2) is 0 Å². The van der Waals surface area contributed by atoms with Crippen LogP contribution in [0.4, 0.5) is 0 Å². The zero-order valence-electron chi connectivity index (χ0n) is 10.6. The number of hydrogen-bond acceptors (Lipinski definition) is 2. The van der Waals surface area contributed by atoms with Crippen LogP contribution < -0.4 is 0 Å². The molecule has 3 heteroatoms. The van der Waals surface area contributed by atoms with Crippen molar-refractivity contribution < 1.29 is 4.79 Å². The van der Waals surface area contributed by atoms with Gasteiger partial charge in [0, 0.05) is 12.2 Å². The van der Waals surface area contributed by atoms with Gasteiger partial charge in [0.2, 0.25) is 0 Å². The number of ketones is 1. The SMILES string of the molecule is CCCC1CCCCN1CC(=O)c1ccc[nH]1. The lowest BCUT2D eigenvalue weighted by Crippen LogP contribution is -2.42. The van der Waals surface area contributed by atoms with Crippen molar-refractivity contribution in [3.63, 3.8) is 0 Å². The highest BCUT2D eigenvalue weighted by Crippen LogP contribution is 2.20. The lowest BCUT2D eigenvalue weighted by molar-refractivity contribution is 0.0827. The topological polar surface area (TPSA) is 36.1 Å². The standard InChI is InChI=1S/C14H22N2O/c1-2-6-12-7-3-4-10-16(12)11-14(17)13-8-5-9-15-13/h5,8-9,12,15H,2-4,6-7,10-11H2,1H3. The molecule has 0 amide bonds. The van der Waals surface area contributed by atoms with Crippen LogP contribution in [-0.4, -0.2) is 34.8 Å². The maximum Gasteiger partial charge on any atom is 0.192 e. The van der Waals surface area contributed by atoms with Crippen LogP contribution in [-0.2, 0) is 0 Å². The summed E-state index contributed by atoms with van der Waals surface area (Å²) >= 11 is 0. The maximum absolute atomic E-state index is 12.1. The molecule has 1 saturated heterocycles. The Bertz CT molecular complexity index is 343. The Labute approximate surface area is 103 Å². The van der Waals surface area contributed by atoms with Crippen LogP contribution >= 0.6 is 0 Å². The first-order valence-corrected chi connectivity index (χ1v) is 6.72. The minimum atomic E-state index is 0.220. The highest BCUT2D eigenvalue weighted by molar-refractivity contribution is 5.95. The van der Waals surface area contributed by atoms with E-state index in [1.54, 1.807) is 0 Å². The van der Waals surface area contributed by atoms with Crippen LogP contribution in [0.1, 0.15) is 49.5 Å². The van der Waals surface area contributed by atoms with E-state index in [1.807, 2.05) is 18.3 Å². The van der Waals surface area contributed by atoms with Crippen molar-refractivity contribution in [1.29, 1.82) is 0 Å². The number of likely N-dealkylation sites (tertiary alicyclic amines) is 1. The fourth-order valence-corrected chi connectivity index (χ4v) is 2.70. The van der Waals surface area contributed by atoms with E-state index in [0.717, 1.165) is 12.2 Å². The van der Waals surface area contributed by atoms with Crippen LogP contribution in [0.2, 0.25) is 0 Å². The first-order valence-electron chi connectivity index (χ1n) is 6.72. The third-order valence-corrected chi connectivity index (χ3v) is 3.62. The number of aromatic nitrogens is 1. The Morgan fingerprint density at radius 3 is 3.12 bits per heavy atom. The average molecular weight is 234 g/mol. The van der Waals surface area contributed by atoms with Crippen LogP contribution in [0.25, 0.3) is 0 Å². The second-order valence-corrected chi connectivity index (χ2v) is 4.92. The molecular weight excluding hydrogens is 212 g/mol. The molecular formula is C14H22N2O. The zero-order chi connectivity index (χ0) is 12.1. The van der Waals surface area contributed by atoms with Crippen molar-refractivity contribution in [2.75, 3.05) is 13.1 Å². The number of aromatic amines is 1. The molecule has 1 atom stereocenters. The normalized spacial score (nSPS) is 21.6. The number of nitrogens with zero attached hydrogens (tertiary/aromatic N) is 1. The molecule has 0 aromatic carbocycles. The fourth-order valence-electron chi connectivity index (χ4n) is 2.70. The van der Waals surface area contributed by atoms with Gasteiger partial charge in [-0.3, -0.25) is 9.69 Å². The number of rotatable bonds is 5. The number of carbonyl (C=O) groups excluding carboxylic acids is 1. The predicted octanol–water partition coefficient (Wildman–Crippen LogP) is 2.85. The Kier molecular flexibility index (Phi) is 4.37. The third-order valence-electron chi connectivity index (χ3n) is 3.62. The Balaban J connectivity index is 1.93. The van der Waals surface area contributed by atoms with Gasteiger partial charge in [0.05, 0.1) is 12.2 Å². The summed E-state index contributed by atoms with van der Waals surface area (Å²) in [5, 5.41) is 0. The number of Topliss-reactive ketones (excluding diaryl/α,β-unsaturated/α-hetero) is 1. The Hall–Kier alpha value is -1.09. The molecule has 0 radical (unpaired) electrons. The highest BCUT2D eigenvalue weighted by Gasteiger charge is 2.23. The second kappa shape index (κ2) is 6.01. The summed E-state index contributed by atoms with van der Waals surface area (Å²) < 4.78 is 0. The minimum absolute atomic E-state index is 0.220. The summed E-state index contributed by atoms with van der Waals surface area (Å²) in [5.74, 6) is 0.220. The molecule has 1 aromatic heterocycles. The number of nitrogens with one attached hydrogen (secondary N) is 1. The zero-order valence-corrected chi connectivity index (χ0v) is 10.6. The van der Waals surface area contributed by atoms with Gasteiger partial charge in [-0.15, -0.1) is 0 Å². The van der Waals surface area contributed by atoms with E-state index >= 15 is 0 Å². The van der Waals surface area contributed by atoms with Crippen LogP contribution in [0, 0.1) is 0 Å². The van der Waals surface area contributed by atoms with E-state index in [-0.39, 0.29) is 5.78 Å². The molecule has 0 saturated carbocycles. The predicted molar refractivity (Wildman–Crippen MR) is 69.2 cm³/mol. The van der Waals surface area contributed by atoms with Crippen molar-refractivity contribution in [3.8, 4) is 0 Å². The van der Waals surface area contributed by atoms with E-state index in [1.165, 1.54) is 32.1 Å². The van der Waals surface area contributed by atoms with Crippen molar-refractivity contribution in [1.82, 2.24) is 9.88 Å². The van der Waals surface area contributed by atoms with E-state index in [2.05, 4.69) is 16.8 Å². The van der Waals surface area contributed by atoms with E-state index in [9.17, 15) is 4.79 Å². The third kappa shape index (κ3) is 3.19. The molecule has 2 heterocycles.